The number of likely N-dealkylation sites (tertiary alicyclic amines) is 1. The lowest BCUT2D eigenvalue weighted by atomic mass is 9.87. The highest BCUT2D eigenvalue weighted by Gasteiger charge is 2.43. The molecule has 1 fully saturated rings. The number of nitrogens with zero attached hydrogens (tertiary/aromatic N) is 2. The van der Waals surface area contributed by atoms with E-state index < -0.39 is 29.4 Å². The molecule has 4 rings (SSSR count). The number of carbonyl (C=O) groups is 3. The van der Waals surface area contributed by atoms with E-state index in [1.807, 2.05) is 30.0 Å². The van der Waals surface area contributed by atoms with Gasteiger partial charge in [0.1, 0.15) is 11.3 Å². The van der Waals surface area contributed by atoms with Gasteiger partial charge in [-0.05, 0) is 69.2 Å². The summed E-state index contributed by atoms with van der Waals surface area (Å²) < 4.78 is 10.9. The third kappa shape index (κ3) is 6.40. The van der Waals surface area contributed by atoms with Crippen LogP contribution in [0.3, 0.4) is 0 Å². The van der Waals surface area contributed by atoms with E-state index in [-0.39, 0.29) is 12.5 Å². The van der Waals surface area contributed by atoms with Crippen LogP contribution >= 0.6 is 0 Å². The summed E-state index contributed by atoms with van der Waals surface area (Å²) in [5.41, 5.74) is 4.23. The number of benzene rings is 2. The number of piperidine rings is 1. The Balaban J connectivity index is 1.39. The second-order valence-corrected chi connectivity index (χ2v) is 10.5. The highest BCUT2D eigenvalue weighted by Crippen LogP contribution is 2.26. The summed E-state index contributed by atoms with van der Waals surface area (Å²) in [6, 6.07) is 16.3. The summed E-state index contributed by atoms with van der Waals surface area (Å²) in [5.74, 6) is -1.39. The van der Waals surface area contributed by atoms with Gasteiger partial charge in [0.05, 0.1) is 31.2 Å². The van der Waals surface area contributed by atoms with E-state index in [0.717, 1.165) is 22.2 Å². The Kier molecular flexibility index (Phi) is 9.01. The number of para-hydroxylation sites is 1. The third-order valence-corrected chi connectivity index (χ3v) is 7.54. The number of carbonyl (C=O) groups excluding carboxylic acids is 3. The van der Waals surface area contributed by atoms with Crippen molar-refractivity contribution in [2.45, 2.75) is 45.2 Å². The molecule has 1 saturated heterocycles. The zero-order valence-corrected chi connectivity index (χ0v) is 23.3. The monoisotopic (exact) mass is 548 g/mol. The molecule has 3 aromatic rings. The molecule has 1 aliphatic rings. The number of ether oxygens (including phenoxy) is 2. The number of hydrogen-bond acceptors (Lipinski definition) is 8. The molecule has 2 aromatic carbocycles. The normalized spacial score (nSPS) is 17.7. The first-order valence-electron chi connectivity index (χ1n) is 13.3. The lowest BCUT2D eigenvalue weighted by molar-refractivity contribution is -0.155. The molecule has 1 aromatic heterocycles. The first kappa shape index (κ1) is 29.0. The Labute approximate surface area is 233 Å². The summed E-state index contributed by atoms with van der Waals surface area (Å²) in [5, 5.41) is 13.3. The Bertz CT molecular complexity index is 1370. The maximum atomic E-state index is 13.1. The first-order chi connectivity index (χ1) is 19.1. The van der Waals surface area contributed by atoms with Crippen molar-refractivity contribution in [3.05, 3.63) is 71.4 Å². The van der Waals surface area contributed by atoms with Crippen molar-refractivity contribution >= 4 is 28.7 Å². The van der Waals surface area contributed by atoms with Crippen LogP contribution in [0.2, 0.25) is 0 Å². The summed E-state index contributed by atoms with van der Waals surface area (Å²) in [4.78, 5) is 44.2. The van der Waals surface area contributed by atoms with Gasteiger partial charge in [0.15, 0.2) is 0 Å². The molecule has 212 valence electrons. The van der Waals surface area contributed by atoms with E-state index >= 15 is 0 Å². The zero-order chi connectivity index (χ0) is 28.9. The van der Waals surface area contributed by atoms with Gasteiger partial charge >= 0.3 is 5.97 Å². The predicted octanol–water partition coefficient (Wildman–Crippen LogP) is 3.04. The number of pyridine rings is 1. The number of hydrogen-bond donors (Lipinski definition) is 3. The number of esters is 1. The van der Waals surface area contributed by atoms with Crippen molar-refractivity contribution in [3.63, 3.8) is 0 Å². The van der Waals surface area contributed by atoms with E-state index in [0.29, 0.717) is 37.3 Å². The van der Waals surface area contributed by atoms with Crippen molar-refractivity contribution in [3.8, 4) is 5.75 Å². The quantitative estimate of drug-likeness (QED) is 0.211. The molecule has 0 bridgehead atoms. The van der Waals surface area contributed by atoms with E-state index in [1.165, 1.54) is 7.11 Å². The smallest absolute Gasteiger partial charge is 0.325 e. The number of hydroxylamine groups is 1. The largest absolute Gasteiger partial charge is 0.493 e. The molecular weight excluding hydrogens is 512 g/mol. The van der Waals surface area contributed by atoms with Gasteiger partial charge in [-0.2, -0.15) is 0 Å². The average molecular weight is 549 g/mol. The number of fused-ring (bicyclic) bond motifs is 1. The van der Waals surface area contributed by atoms with Gasteiger partial charge in [0.2, 0.25) is 5.91 Å². The maximum absolute atomic E-state index is 13.1. The van der Waals surface area contributed by atoms with Crippen LogP contribution in [-0.4, -0.2) is 71.3 Å². The van der Waals surface area contributed by atoms with Gasteiger partial charge in [0, 0.05) is 36.2 Å². The fourth-order valence-electron chi connectivity index (χ4n) is 5.22. The number of aryl methyl sites for hydroxylation is 1. The molecule has 2 heterocycles. The van der Waals surface area contributed by atoms with E-state index in [1.54, 1.807) is 43.6 Å². The summed E-state index contributed by atoms with van der Waals surface area (Å²) in [6.45, 7) is 6.57. The van der Waals surface area contributed by atoms with Crippen LogP contribution in [0, 0.1) is 12.8 Å². The topological polar surface area (TPSA) is 130 Å². The van der Waals surface area contributed by atoms with Crippen LogP contribution in [0.4, 0.5) is 0 Å². The van der Waals surface area contributed by atoms with Crippen molar-refractivity contribution in [1.29, 1.82) is 0 Å². The van der Waals surface area contributed by atoms with Gasteiger partial charge in [-0.1, -0.05) is 18.2 Å². The minimum Gasteiger partial charge on any atom is -0.493 e. The molecule has 0 aliphatic carbocycles. The van der Waals surface area contributed by atoms with Crippen LogP contribution in [0.25, 0.3) is 10.9 Å². The molecule has 0 radical (unpaired) electrons. The molecule has 40 heavy (non-hydrogen) atoms. The van der Waals surface area contributed by atoms with Crippen LogP contribution in [0.5, 0.6) is 5.75 Å². The molecule has 10 heteroatoms. The number of aromatic nitrogens is 1. The summed E-state index contributed by atoms with van der Waals surface area (Å²) >= 11 is 0. The fraction of sp³-hybridized carbons (Fsp3) is 0.400. The molecule has 0 spiro atoms. The number of rotatable bonds is 9. The summed E-state index contributed by atoms with van der Waals surface area (Å²) in [6.07, 6.45) is 1.05. The molecule has 2 atom stereocenters. The molecule has 0 unspecified atom stereocenters. The molecular formula is C30H36N4O6. The van der Waals surface area contributed by atoms with E-state index in [2.05, 4.69) is 22.4 Å². The highest BCUT2D eigenvalue weighted by atomic mass is 16.5. The van der Waals surface area contributed by atoms with Crippen molar-refractivity contribution in [2.24, 2.45) is 5.92 Å². The fourth-order valence-corrected chi connectivity index (χ4v) is 5.22. The van der Waals surface area contributed by atoms with E-state index in [9.17, 15) is 19.6 Å². The Morgan fingerprint density at radius 2 is 1.85 bits per heavy atom. The highest BCUT2D eigenvalue weighted by molar-refractivity contribution is 5.95. The lowest BCUT2D eigenvalue weighted by Crippen LogP contribution is -2.62. The molecule has 10 nitrogen and oxygen atoms in total. The van der Waals surface area contributed by atoms with Gasteiger partial charge < -0.3 is 14.8 Å². The SMILES string of the molecule is COC(=O)C(C)(C)N1CC[C@H](C(=O)NO)[C@H](NC(=O)c2ccc(OCCc3cc(C)nc4ccccc34)cc2)C1. The molecule has 2 amide bonds. The van der Waals surface area contributed by atoms with E-state index in [4.69, 9.17) is 9.47 Å². The first-order valence-corrected chi connectivity index (χ1v) is 13.3. The maximum Gasteiger partial charge on any atom is 0.325 e. The second kappa shape index (κ2) is 12.4. The van der Waals surface area contributed by atoms with Gasteiger partial charge in [-0.25, -0.2) is 5.48 Å². The van der Waals surface area contributed by atoms with Crippen molar-refractivity contribution in [1.82, 2.24) is 20.7 Å². The number of methoxy groups -OCH3 is 1. The van der Waals surface area contributed by atoms with Gasteiger partial charge in [-0.15, -0.1) is 0 Å². The minimum absolute atomic E-state index is 0.232. The van der Waals surface area contributed by atoms with Crippen molar-refractivity contribution in [2.75, 3.05) is 26.8 Å². The number of amides is 2. The predicted molar refractivity (Wildman–Crippen MR) is 149 cm³/mol. The Morgan fingerprint density at radius 3 is 2.55 bits per heavy atom. The van der Waals surface area contributed by atoms with Crippen LogP contribution in [0.15, 0.2) is 54.6 Å². The molecule has 0 saturated carbocycles. The lowest BCUT2D eigenvalue weighted by Gasteiger charge is -2.44. The van der Waals surface area contributed by atoms with Crippen LogP contribution < -0.4 is 15.5 Å². The van der Waals surface area contributed by atoms with Crippen LogP contribution in [0.1, 0.15) is 41.9 Å². The third-order valence-electron chi connectivity index (χ3n) is 7.54. The minimum atomic E-state index is -0.946. The van der Waals surface area contributed by atoms with Crippen LogP contribution in [-0.2, 0) is 20.7 Å². The zero-order valence-electron chi connectivity index (χ0n) is 23.3. The van der Waals surface area contributed by atoms with Crippen molar-refractivity contribution < 1.29 is 29.1 Å². The summed E-state index contributed by atoms with van der Waals surface area (Å²) in [7, 11) is 1.32. The average Bonchev–Trinajstić information content (AvgIpc) is 2.96. The van der Waals surface area contributed by atoms with Gasteiger partial charge in [0.25, 0.3) is 5.91 Å². The molecule has 3 N–H and O–H groups in total. The Hall–Kier alpha value is -4.02. The Morgan fingerprint density at radius 1 is 1.12 bits per heavy atom. The second-order valence-electron chi connectivity index (χ2n) is 10.5. The standard InChI is InChI=1S/C30H36N4O6/c1-19-17-21(23-7-5-6-8-25(23)31-19)14-16-40-22-11-9-20(10-12-22)27(35)32-26-18-34(30(2,3)29(37)39-4)15-13-24(26)28(36)33-38/h5-12,17,24,26,38H,13-16,18H2,1-4H3,(H,32,35)(H,33,36)/t24-,26+/m0/s1. The molecule has 1 aliphatic heterocycles. The number of nitrogens with one attached hydrogen (secondary N) is 2. The van der Waals surface area contributed by atoms with Gasteiger partial charge in [-0.3, -0.25) is 29.5 Å².